The molecule has 1 fully saturated rings. The van der Waals surface area contributed by atoms with E-state index in [2.05, 4.69) is 5.32 Å². The summed E-state index contributed by atoms with van der Waals surface area (Å²) in [5, 5.41) is 23.3. The first-order valence-corrected chi connectivity index (χ1v) is 9.87. The van der Waals surface area contributed by atoms with E-state index in [-0.39, 0.29) is 65.1 Å². The third kappa shape index (κ3) is 5.41. The molecule has 0 bridgehead atoms. The summed E-state index contributed by atoms with van der Waals surface area (Å²) in [6.45, 7) is 0.888. The zero-order valence-corrected chi connectivity index (χ0v) is 18.1. The number of carbonyl (C=O) groups excluding carboxylic acids is 1. The van der Waals surface area contributed by atoms with Crippen LogP contribution in [0.15, 0.2) is 12.1 Å². The molecule has 1 amide bonds. The second-order valence-corrected chi connectivity index (χ2v) is 7.98. The standard InChI is InChI=1S/C13H6Cl6O2.C4H7NO/c14-6-2-8(16)12(20)4(10(6)18)1-5-11(19)7(15)3-9(17)13(5)21;6-4-2-1-3-5-4/h2-3,20-21H,1H2;1-3H2,(H,5,6). The highest BCUT2D eigenvalue weighted by Crippen LogP contribution is 2.44. The summed E-state index contributed by atoms with van der Waals surface area (Å²) in [7, 11) is 0. The summed E-state index contributed by atoms with van der Waals surface area (Å²) in [4.78, 5) is 10.1. The SMILES string of the molecule is O=C1CCCN1.Oc1c(Cl)cc(Cl)c(Cl)c1Cc1c(O)c(Cl)cc(Cl)c1Cl. The second kappa shape index (κ2) is 9.64. The number of hydrogen-bond acceptors (Lipinski definition) is 3. The van der Waals surface area contributed by atoms with Crippen molar-refractivity contribution in [3.8, 4) is 11.5 Å². The number of aromatic hydroxyl groups is 2. The van der Waals surface area contributed by atoms with Crippen LogP contribution in [-0.2, 0) is 11.2 Å². The Hall–Kier alpha value is -0.750. The Morgan fingerprint density at radius 3 is 1.56 bits per heavy atom. The maximum absolute atomic E-state index is 10.1. The van der Waals surface area contributed by atoms with Crippen LogP contribution in [0.1, 0.15) is 24.0 Å². The molecule has 1 aliphatic rings. The number of phenolic OH excluding ortho intramolecular Hbond substituents is 2. The lowest BCUT2D eigenvalue weighted by Gasteiger charge is -2.14. The van der Waals surface area contributed by atoms with Gasteiger partial charge in [-0.15, -0.1) is 0 Å². The first-order valence-electron chi connectivity index (χ1n) is 7.60. The van der Waals surface area contributed by atoms with E-state index in [4.69, 9.17) is 69.6 Å². The van der Waals surface area contributed by atoms with E-state index >= 15 is 0 Å². The van der Waals surface area contributed by atoms with Gasteiger partial charge in [0, 0.05) is 30.5 Å². The summed E-state index contributed by atoms with van der Waals surface area (Å²) in [5.41, 5.74) is 0.425. The van der Waals surface area contributed by atoms with E-state index in [0.29, 0.717) is 0 Å². The number of phenols is 2. The molecule has 1 saturated heterocycles. The van der Waals surface area contributed by atoms with Gasteiger partial charge < -0.3 is 15.5 Å². The molecule has 0 unspecified atom stereocenters. The highest BCUT2D eigenvalue weighted by molar-refractivity contribution is 6.45. The third-order valence-corrected chi connectivity index (χ3v) is 5.97. The van der Waals surface area contributed by atoms with Crippen molar-refractivity contribution in [1.29, 1.82) is 0 Å². The van der Waals surface area contributed by atoms with Gasteiger partial charge in [0.15, 0.2) is 0 Å². The van der Waals surface area contributed by atoms with Gasteiger partial charge in [-0.1, -0.05) is 69.6 Å². The highest BCUT2D eigenvalue weighted by atomic mass is 35.5. The quantitative estimate of drug-likeness (QED) is 0.420. The van der Waals surface area contributed by atoms with Crippen LogP contribution < -0.4 is 5.32 Å². The molecule has 0 aromatic heterocycles. The maximum atomic E-state index is 10.1. The van der Waals surface area contributed by atoms with Crippen LogP contribution in [0.3, 0.4) is 0 Å². The van der Waals surface area contributed by atoms with E-state index in [9.17, 15) is 15.0 Å². The molecule has 0 spiro atoms. The lowest BCUT2D eigenvalue weighted by atomic mass is 10.0. The smallest absolute Gasteiger partial charge is 0.220 e. The minimum atomic E-state index is -0.252. The number of amides is 1. The fourth-order valence-corrected chi connectivity index (χ4v) is 3.76. The lowest BCUT2D eigenvalue weighted by molar-refractivity contribution is -0.119. The van der Waals surface area contributed by atoms with Crippen LogP contribution in [-0.4, -0.2) is 22.7 Å². The van der Waals surface area contributed by atoms with Gasteiger partial charge in [-0.25, -0.2) is 0 Å². The predicted molar refractivity (Wildman–Crippen MR) is 111 cm³/mol. The van der Waals surface area contributed by atoms with Crippen molar-refractivity contribution in [3.05, 3.63) is 53.4 Å². The summed E-state index contributed by atoms with van der Waals surface area (Å²) in [6, 6.07) is 2.63. The monoisotopic (exact) mass is 489 g/mol. The molecule has 10 heteroatoms. The summed E-state index contributed by atoms with van der Waals surface area (Å²) in [6.07, 6.45) is 1.72. The Bertz CT molecular complexity index is 766. The van der Waals surface area contributed by atoms with E-state index in [1.807, 2.05) is 0 Å². The normalized spacial score (nSPS) is 13.2. The average molecular weight is 492 g/mol. The van der Waals surface area contributed by atoms with E-state index < -0.39 is 0 Å². The number of nitrogens with one attached hydrogen (secondary N) is 1. The predicted octanol–water partition coefficient (Wildman–Crippen LogP) is 6.51. The van der Waals surface area contributed by atoms with Crippen LogP contribution in [0, 0.1) is 0 Å². The largest absolute Gasteiger partial charge is 0.506 e. The van der Waals surface area contributed by atoms with Crippen molar-refractivity contribution in [1.82, 2.24) is 5.32 Å². The Morgan fingerprint density at radius 2 is 1.26 bits per heavy atom. The van der Waals surface area contributed by atoms with Gasteiger partial charge in [0.25, 0.3) is 0 Å². The van der Waals surface area contributed by atoms with Gasteiger partial charge in [-0.3, -0.25) is 4.79 Å². The fraction of sp³-hybridized carbons (Fsp3) is 0.235. The molecule has 1 heterocycles. The Morgan fingerprint density at radius 1 is 0.815 bits per heavy atom. The minimum absolute atomic E-state index is 0.0307. The Balaban J connectivity index is 0.000000369. The number of halogens is 6. The van der Waals surface area contributed by atoms with E-state index in [1.54, 1.807) is 0 Å². The molecule has 0 radical (unpaired) electrons. The van der Waals surface area contributed by atoms with E-state index in [0.717, 1.165) is 19.4 Å². The zero-order valence-electron chi connectivity index (χ0n) is 13.6. The second-order valence-electron chi connectivity index (χ2n) is 5.59. The molecular formula is C17H13Cl6NO3. The summed E-state index contributed by atoms with van der Waals surface area (Å²) < 4.78 is 0. The maximum Gasteiger partial charge on any atom is 0.220 e. The topological polar surface area (TPSA) is 69.6 Å². The van der Waals surface area contributed by atoms with Gasteiger partial charge in [-0.05, 0) is 18.6 Å². The molecule has 1 aliphatic heterocycles. The molecule has 0 atom stereocenters. The van der Waals surface area contributed by atoms with Crippen molar-refractivity contribution in [3.63, 3.8) is 0 Å². The van der Waals surface area contributed by atoms with Crippen LogP contribution in [0.2, 0.25) is 30.1 Å². The van der Waals surface area contributed by atoms with Crippen molar-refractivity contribution in [2.75, 3.05) is 6.54 Å². The van der Waals surface area contributed by atoms with Crippen LogP contribution in [0.4, 0.5) is 0 Å². The Kier molecular flexibility index (Phi) is 8.05. The van der Waals surface area contributed by atoms with Gasteiger partial charge in [-0.2, -0.15) is 0 Å². The number of rotatable bonds is 2. The molecule has 0 aliphatic carbocycles. The summed E-state index contributed by atoms with van der Waals surface area (Å²) in [5.74, 6) is -0.301. The number of carbonyl (C=O) groups is 1. The van der Waals surface area contributed by atoms with E-state index in [1.165, 1.54) is 12.1 Å². The zero-order chi connectivity index (χ0) is 20.3. The Labute approximate surface area is 185 Å². The lowest BCUT2D eigenvalue weighted by Crippen LogP contribution is -2.12. The molecule has 4 nitrogen and oxygen atoms in total. The average Bonchev–Trinajstić information content (AvgIpc) is 3.09. The molecule has 2 aromatic rings. The van der Waals surface area contributed by atoms with Crippen LogP contribution in [0.5, 0.6) is 11.5 Å². The molecule has 3 rings (SSSR count). The first kappa shape index (κ1) is 22.5. The molecule has 2 aromatic carbocycles. The third-order valence-electron chi connectivity index (χ3n) is 3.74. The fourth-order valence-electron chi connectivity index (χ4n) is 2.34. The van der Waals surface area contributed by atoms with Crippen LogP contribution in [0.25, 0.3) is 0 Å². The van der Waals surface area contributed by atoms with Crippen molar-refractivity contribution < 1.29 is 15.0 Å². The molecule has 146 valence electrons. The number of benzene rings is 2. The van der Waals surface area contributed by atoms with Crippen molar-refractivity contribution >= 4 is 75.5 Å². The summed E-state index contributed by atoms with van der Waals surface area (Å²) >= 11 is 35.7. The van der Waals surface area contributed by atoms with Crippen molar-refractivity contribution in [2.45, 2.75) is 19.3 Å². The number of hydrogen-bond donors (Lipinski definition) is 3. The molecule has 3 N–H and O–H groups in total. The molecule has 0 saturated carbocycles. The minimum Gasteiger partial charge on any atom is -0.506 e. The first-order chi connectivity index (χ1) is 12.6. The van der Waals surface area contributed by atoms with Gasteiger partial charge >= 0.3 is 0 Å². The van der Waals surface area contributed by atoms with Gasteiger partial charge in [0.05, 0.1) is 30.1 Å². The van der Waals surface area contributed by atoms with Crippen LogP contribution >= 0.6 is 69.6 Å². The van der Waals surface area contributed by atoms with Gasteiger partial charge in [0.2, 0.25) is 5.91 Å². The molecule has 27 heavy (non-hydrogen) atoms. The molecular weight excluding hydrogens is 479 g/mol. The van der Waals surface area contributed by atoms with Crippen molar-refractivity contribution in [2.24, 2.45) is 0 Å². The highest BCUT2D eigenvalue weighted by Gasteiger charge is 2.21. The van der Waals surface area contributed by atoms with Gasteiger partial charge in [0.1, 0.15) is 11.5 Å².